The highest BCUT2D eigenvalue weighted by Crippen LogP contribution is 2.46. The number of carbonyl (C=O) groups excluding carboxylic acids is 3. The quantitative estimate of drug-likeness (QED) is 0.532. The number of rotatable bonds is 3. The van der Waals surface area contributed by atoms with Gasteiger partial charge >= 0.3 is 6.03 Å². The first-order valence-corrected chi connectivity index (χ1v) is 12.5. The first-order chi connectivity index (χ1) is 17.9. The van der Waals surface area contributed by atoms with Crippen LogP contribution in [0.15, 0.2) is 72.8 Å². The number of barbiturate groups is 1. The monoisotopic (exact) mass is 516 g/mol. The van der Waals surface area contributed by atoms with Crippen molar-refractivity contribution in [2.45, 2.75) is 12.5 Å². The molecule has 0 radical (unpaired) electrons. The Bertz CT molecular complexity index is 1390. The van der Waals surface area contributed by atoms with Crippen molar-refractivity contribution < 1.29 is 19.1 Å². The lowest BCUT2D eigenvalue weighted by Crippen LogP contribution is -2.75. The molecule has 2 saturated heterocycles. The smallest absolute Gasteiger partial charge is 0.335 e. The van der Waals surface area contributed by atoms with Crippen LogP contribution in [-0.2, 0) is 16.0 Å². The van der Waals surface area contributed by atoms with Gasteiger partial charge in [0.05, 0.1) is 18.8 Å². The fraction of sp³-hybridized carbons (Fsp3) is 0.250. The minimum absolute atomic E-state index is 0.198. The molecule has 3 aromatic carbocycles. The fourth-order valence-corrected chi connectivity index (χ4v) is 5.93. The molecule has 2 fully saturated rings. The average molecular weight is 517 g/mol. The Labute approximate surface area is 219 Å². The number of amides is 4. The third-order valence-electron chi connectivity index (χ3n) is 7.66. The molecule has 4 amide bonds. The van der Waals surface area contributed by atoms with Crippen molar-refractivity contribution in [3.05, 3.63) is 83.4 Å². The zero-order valence-electron chi connectivity index (χ0n) is 20.2. The molecular formula is C28H25ClN4O4. The van der Waals surface area contributed by atoms with Crippen LogP contribution >= 0.6 is 11.6 Å². The van der Waals surface area contributed by atoms with Crippen LogP contribution < -0.4 is 24.8 Å². The van der Waals surface area contributed by atoms with Crippen molar-refractivity contribution >= 4 is 46.5 Å². The number of imide groups is 2. The first-order valence-electron chi connectivity index (χ1n) is 12.1. The van der Waals surface area contributed by atoms with Gasteiger partial charge in [-0.3, -0.25) is 14.9 Å². The third-order valence-corrected chi connectivity index (χ3v) is 7.91. The summed E-state index contributed by atoms with van der Waals surface area (Å²) in [5, 5.41) is 3.15. The van der Waals surface area contributed by atoms with E-state index < -0.39 is 29.3 Å². The topological polar surface area (TPSA) is 82.2 Å². The Balaban J connectivity index is 1.46. The molecule has 1 spiro atoms. The number of methoxy groups -OCH3 is 1. The van der Waals surface area contributed by atoms with Gasteiger partial charge in [0, 0.05) is 36.0 Å². The molecule has 0 unspecified atom stereocenters. The molecule has 3 heterocycles. The summed E-state index contributed by atoms with van der Waals surface area (Å²) in [4.78, 5) is 46.6. The highest BCUT2D eigenvalue weighted by molar-refractivity contribution is 6.31. The van der Waals surface area contributed by atoms with Gasteiger partial charge in [-0.2, -0.15) is 0 Å². The summed E-state index contributed by atoms with van der Waals surface area (Å²) in [6, 6.07) is 20.8. The Morgan fingerprint density at radius 3 is 2.35 bits per heavy atom. The number of carbonyl (C=O) groups is 3. The van der Waals surface area contributed by atoms with Crippen LogP contribution in [-0.4, -0.2) is 50.6 Å². The summed E-state index contributed by atoms with van der Waals surface area (Å²) < 4.78 is 5.23. The van der Waals surface area contributed by atoms with E-state index in [1.54, 1.807) is 31.4 Å². The van der Waals surface area contributed by atoms with Gasteiger partial charge in [-0.15, -0.1) is 0 Å². The standard InChI is InChI=1S/C28H25ClN4O4/c1-37-22-12-10-21(11-13-22)33-26(35)28(25(34)30-27(33)36)16-18-4-2-3-5-23(18)32-15-14-31(17-24(28)32)20-8-6-19(29)7-9-20/h2-13,24H,14-17H2,1H3,(H,30,34,36)/t24-,28-/m0/s1. The van der Waals surface area contributed by atoms with E-state index in [0.29, 0.717) is 36.1 Å². The molecule has 0 aliphatic carbocycles. The van der Waals surface area contributed by atoms with Crippen molar-refractivity contribution in [3.8, 4) is 5.75 Å². The molecule has 3 aliphatic rings. The van der Waals surface area contributed by atoms with Gasteiger partial charge in [0.2, 0.25) is 5.91 Å². The van der Waals surface area contributed by atoms with Gasteiger partial charge < -0.3 is 14.5 Å². The number of nitrogens with one attached hydrogen (secondary N) is 1. The lowest BCUT2D eigenvalue weighted by molar-refractivity contribution is -0.144. The molecule has 2 atom stereocenters. The second-order valence-electron chi connectivity index (χ2n) is 9.51. The molecule has 1 N–H and O–H groups in total. The van der Waals surface area contributed by atoms with E-state index in [9.17, 15) is 14.4 Å². The lowest BCUT2D eigenvalue weighted by atomic mass is 9.67. The van der Waals surface area contributed by atoms with E-state index in [1.807, 2.05) is 48.5 Å². The number of benzene rings is 3. The van der Waals surface area contributed by atoms with E-state index in [-0.39, 0.29) is 6.42 Å². The Kier molecular flexibility index (Phi) is 5.56. The van der Waals surface area contributed by atoms with Gasteiger partial charge in [0.15, 0.2) is 5.41 Å². The summed E-state index contributed by atoms with van der Waals surface area (Å²) in [5.41, 5.74) is 1.78. The number of hydrogen-bond donors (Lipinski definition) is 1. The van der Waals surface area contributed by atoms with E-state index >= 15 is 0 Å². The SMILES string of the molecule is COc1ccc(N2C(=O)NC(=O)[C@@]3(Cc4ccccc4N4CCN(c5ccc(Cl)cc5)C[C@H]43)C2=O)cc1. The number of piperazine rings is 1. The predicted octanol–water partition coefficient (Wildman–Crippen LogP) is 3.87. The molecule has 3 aromatic rings. The van der Waals surface area contributed by atoms with Gasteiger partial charge in [-0.1, -0.05) is 29.8 Å². The van der Waals surface area contributed by atoms with Crippen LogP contribution in [0, 0.1) is 5.41 Å². The molecule has 37 heavy (non-hydrogen) atoms. The largest absolute Gasteiger partial charge is 0.497 e. The summed E-state index contributed by atoms with van der Waals surface area (Å²) in [7, 11) is 1.55. The second kappa shape index (κ2) is 8.81. The maximum atomic E-state index is 14.4. The first kappa shape index (κ1) is 23.4. The highest BCUT2D eigenvalue weighted by Gasteiger charge is 2.63. The lowest BCUT2D eigenvalue weighted by Gasteiger charge is -2.55. The molecular weight excluding hydrogens is 492 g/mol. The molecule has 3 aliphatic heterocycles. The maximum absolute atomic E-state index is 14.4. The van der Waals surface area contributed by atoms with Gasteiger partial charge in [0.25, 0.3) is 5.91 Å². The molecule has 188 valence electrons. The predicted molar refractivity (Wildman–Crippen MR) is 141 cm³/mol. The van der Waals surface area contributed by atoms with Gasteiger partial charge in [-0.05, 0) is 66.6 Å². The van der Waals surface area contributed by atoms with E-state index in [0.717, 1.165) is 21.8 Å². The highest BCUT2D eigenvalue weighted by atomic mass is 35.5. The minimum atomic E-state index is -1.49. The summed E-state index contributed by atoms with van der Waals surface area (Å²) >= 11 is 6.11. The summed E-state index contributed by atoms with van der Waals surface area (Å²) in [5.74, 6) is -0.480. The Hall–Kier alpha value is -4.04. The van der Waals surface area contributed by atoms with Crippen LogP contribution in [0.2, 0.25) is 5.02 Å². The number of ether oxygens (including phenoxy) is 1. The zero-order valence-corrected chi connectivity index (χ0v) is 20.9. The molecule has 8 nitrogen and oxygen atoms in total. The van der Waals surface area contributed by atoms with Crippen LogP contribution in [0.4, 0.5) is 21.9 Å². The van der Waals surface area contributed by atoms with Crippen molar-refractivity contribution in [1.29, 1.82) is 0 Å². The van der Waals surface area contributed by atoms with Crippen molar-refractivity contribution in [2.75, 3.05) is 41.4 Å². The van der Waals surface area contributed by atoms with Crippen LogP contribution in [0.1, 0.15) is 5.56 Å². The number of hydrogen-bond acceptors (Lipinski definition) is 6. The number of fused-ring (bicyclic) bond motifs is 4. The minimum Gasteiger partial charge on any atom is -0.497 e. The number of halogens is 1. The fourth-order valence-electron chi connectivity index (χ4n) is 5.81. The number of nitrogens with zero attached hydrogens (tertiary/aromatic N) is 3. The van der Waals surface area contributed by atoms with Crippen molar-refractivity contribution in [2.24, 2.45) is 5.41 Å². The van der Waals surface area contributed by atoms with Crippen LogP contribution in [0.5, 0.6) is 5.75 Å². The van der Waals surface area contributed by atoms with Gasteiger partial charge in [0.1, 0.15) is 5.75 Å². The van der Waals surface area contributed by atoms with Crippen LogP contribution in [0.25, 0.3) is 0 Å². The molecule has 0 saturated carbocycles. The van der Waals surface area contributed by atoms with E-state index in [4.69, 9.17) is 16.3 Å². The molecule has 0 bridgehead atoms. The van der Waals surface area contributed by atoms with Crippen LogP contribution in [0.3, 0.4) is 0 Å². The van der Waals surface area contributed by atoms with Crippen molar-refractivity contribution in [3.63, 3.8) is 0 Å². The van der Waals surface area contributed by atoms with E-state index in [2.05, 4.69) is 15.1 Å². The normalized spacial score (nSPS) is 23.0. The summed E-state index contributed by atoms with van der Waals surface area (Å²) in [6.45, 7) is 1.75. The number of urea groups is 1. The third kappa shape index (κ3) is 3.62. The average Bonchev–Trinajstić information content (AvgIpc) is 2.92. The number of anilines is 3. The van der Waals surface area contributed by atoms with Gasteiger partial charge in [-0.25, -0.2) is 9.69 Å². The molecule has 9 heteroatoms. The summed E-state index contributed by atoms with van der Waals surface area (Å²) in [6.07, 6.45) is 0.198. The van der Waals surface area contributed by atoms with E-state index in [1.165, 1.54) is 0 Å². The Morgan fingerprint density at radius 2 is 1.62 bits per heavy atom. The Morgan fingerprint density at radius 1 is 0.919 bits per heavy atom. The van der Waals surface area contributed by atoms with Crippen molar-refractivity contribution in [1.82, 2.24) is 5.32 Å². The number of para-hydroxylation sites is 1. The maximum Gasteiger partial charge on any atom is 0.335 e. The second-order valence-corrected chi connectivity index (χ2v) is 9.94. The molecule has 0 aromatic heterocycles. The zero-order chi connectivity index (χ0) is 25.7. The molecule has 6 rings (SSSR count).